The number of nitrogens with zero attached hydrogens (tertiary/aromatic N) is 3. The molecule has 7 nitrogen and oxygen atoms in total. The largest absolute Gasteiger partial charge is 0.598 e. The molecule has 0 fully saturated rings. The van der Waals surface area contributed by atoms with Gasteiger partial charge in [-0.15, -0.1) is 4.72 Å². The van der Waals surface area contributed by atoms with Crippen molar-refractivity contribution in [2.45, 2.75) is 50.8 Å². The first-order valence-corrected chi connectivity index (χ1v) is 13.5. The van der Waals surface area contributed by atoms with Crippen LogP contribution in [0, 0.1) is 0 Å². The molecule has 0 bridgehead atoms. The number of carbonyl (C=O) groups excluding carboxylic acids is 1. The number of nitrogens with one attached hydrogen (secondary N) is 1. The third-order valence-electron chi connectivity index (χ3n) is 6.15. The van der Waals surface area contributed by atoms with Crippen molar-refractivity contribution in [3.8, 4) is 11.3 Å². The molecule has 0 aliphatic rings. The molecule has 1 amide bonds. The van der Waals surface area contributed by atoms with E-state index in [-0.39, 0.29) is 11.9 Å². The number of rotatable bonds is 9. The summed E-state index contributed by atoms with van der Waals surface area (Å²) in [6.07, 6.45) is 1.49. The second-order valence-corrected chi connectivity index (χ2v) is 12.3. The van der Waals surface area contributed by atoms with Crippen LogP contribution in [-0.4, -0.2) is 44.3 Å². The van der Waals surface area contributed by atoms with Gasteiger partial charge in [0.05, 0.1) is 6.04 Å². The van der Waals surface area contributed by atoms with Gasteiger partial charge < -0.3 is 14.0 Å². The van der Waals surface area contributed by atoms with E-state index in [0.29, 0.717) is 19.3 Å². The highest BCUT2D eigenvalue weighted by Crippen LogP contribution is 2.35. The molecule has 0 aliphatic heterocycles. The summed E-state index contributed by atoms with van der Waals surface area (Å²) in [6.45, 7) is 5.85. The van der Waals surface area contributed by atoms with E-state index >= 15 is 0 Å². The summed E-state index contributed by atoms with van der Waals surface area (Å²) in [4.78, 5) is 18.5. The van der Waals surface area contributed by atoms with Gasteiger partial charge >= 0.3 is 0 Å². The number of aromatic nitrogens is 2. The lowest BCUT2D eigenvalue weighted by Gasteiger charge is -2.29. The summed E-state index contributed by atoms with van der Waals surface area (Å²) in [5.74, 6) is 0.0705. The van der Waals surface area contributed by atoms with Crippen LogP contribution in [0.4, 0.5) is 0 Å². The molecule has 1 unspecified atom stereocenters. The Morgan fingerprint density at radius 1 is 1.03 bits per heavy atom. The van der Waals surface area contributed by atoms with Gasteiger partial charge in [0.2, 0.25) is 5.91 Å². The summed E-state index contributed by atoms with van der Waals surface area (Å²) in [5.41, 5.74) is 5.08. The number of carbonyl (C=O) groups is 1. The minimum Gasteiger partial charge on any atom is -0.598 e. The highest BCUT2D eigenvalue weighted by molar-refractivity contribution is 7.90. The van der Waals surface area contributed by atoms with Gasteiger partial charge in [0, 0.05) is 60.6 Å². The van der Waals surface area contributed by atoms with Gasteiger partial charge in [0.25, 0.3) is 0 Å². The van der Waals surface area contributed by atoms with E-state index in [0.717, 1.165) is 39.2 Å². The van der Waals surface area contributed by atoms with E-state index in [1.54, 1.807) is 19.0 Å². The first kappa shape index (κ1) is 26.9. The van der Waals surface area contributed by atoms with Crippen LogP contribution in [0.1, 0.15) is 50.2 Å². The van der Waals surface area contributed by atoms with Crippen LogP contribution in [0.25, 0.3) is 22.2 Å². The van der Waals surface area contributed by atoms with Crippen molar-refractivity contribution in [3.63, 3.8) is 0 Å². The van der Waals surface area contributed by atoms with Crippen LogP contribution >= 0.6 is 0 Å². The van der Waals surface area contributed by atoms with Crippen molar-refractivity contribution in [1.29, 1.82) is 0 Å². The Kier molecular flexibility index (Phi) is 8.32. The molecule has 1 N–H and O–H groups in total. The molecular weight excluding hydrogens is 484 g/mol. The smallest absolute Gasteiger partial charge is 0.222 e. The van der Waals surface area contributed by atoms with Crippen molar-refractivity contribution >= 4 is 28.2 Å². The molecule has 4 rings (SSSR count). The molecular formula is C29H34N4O3S. The van der Waals surface area contributed by atoms with Gasteiger partial charge in [-0.1, -0.05) is 47.6 Å². The van der Waals surface area contributed by atoms with Crippen molar-refractivity contribution in [2.24, 2.45) is 0 Å². The number of hydrogen-bond acceptors (Lipinski definition) is 6. The Labute approximate surface area is 221 Å². The number of amides is 1. The molecule has 2 atom stereocenters. The predicted octanol–water partition coefficient (Wildman–Crippen LogP) is 5.25. The van der Waals surface area contributed by atoms with Crippen LogP contribution in [-0.2, 0) is 29.0 Å². The first-order valence-electron chi connectivity index (χ1n) is 12.4. The average molecular weight is 519 g/mol. The molecule has 0 saturated heterocycles. The molecule has 37 heavy (non-hydrogen) atoms. The molecule has 0 aliphatic carbocycles. The topological polar surface area (TPSA) is 94.3 Å². The number of pyridine rings is 1. The number of benzene rings is 2. The highest BCUT2D eigenvalue weighted by Gasteiger charge is 2.31. The van der Waals surface area contributed by atoms with Crippen LogP contribution < -0.4 is 4.72 Å². The average Bonchev–Trinajstić information content (AvgIpc) is 3.30. The maximum Gasteiger partial charge on any atom is 0.222 e. The molecule has 4 aromatic rings. The fourth-order valence-corrected chi connectivity index (χ4v) is 4.89. The van der Waals surface area contributed by atoms with Gasteiger partial charge in [0.1, 0.15) is 10.4 Å². The predicted molar refractivity (Wildman–Crippen MR) is 148 cm³/mol. The van der Waals surface area contributed by atoms with E-state index in [1.165, 1.54) is 0 Å². The van der Waals surface area contributed by atoms with Gasteiger partial charge in [0.15, 0.2) is 5.58 Å². The standard InChI is InChI=1S/C29H34N4O3S/c1-29(2,3)37(35)32-25(19-21-12-10-11-20(30-21)17-18-27(34)33(4)5)22-13-6-7-14-23(22)28-24-15-8-9-16-26(24)36-31-28/h6-16,25,32H,17-19H2,1-5H3/t25-,37?/m0/s1. The molecule has 8 heteroatoms. The second kappa shape index (κ2) is 11.5. The van der Waals surface area contributed by atoms with E-state index in [2.05, 4.69) is 9.88 Å². The molecule has 0 spiro atoms. The van der Waals surface area contributed by atoms with Crippen molar-refractivity contribution < 1.29 is 13.9 Å². The van der Waals surface area contributed by atoms with Crippen molar-refractivity contribution in [3.05, 3.63) is 83.7 Å². The first-order chi connectivity index (χ1) is 17.6. The zero-order valence-electron chi connectivity index (χ0n) is 22.0. The normalized spacial score (nSPS) is 13.5. The molecule has 2 aromatic carbocycles. The number of aryl methyl sites for hydroxylation is 1. The Balaban J connectivity index is 1.69. The SMILES string of the molecule is CN(C)C(=O)CCc1cccc(C[C@H](N[S+]([O-])C(C)(C)C)c2ccccc2-c2noc3ccccc23)n1. The third kappa shape index (κ3) is 6.57. The summed E-state index contributed by atoms with van der Waals surface area (Å²) in [5, 5.41) is 5.31. The Morgan fingerprint density at radius 2 is 1.73 bits per heavy atom. The number of hydrogen-bond donors (Lipinski definition) is 1. The molecule has 2 aromatic heterocycles. The Morgan fingerprint density at radius 3 is 2.49 bits per heavy atom. The van der Waals surface area contributed by atoms with Gasteiger partial charge in [-0.05, 0) is 57.0 Å². The highest BCUT2D eigenvalue weighted by atomic mass is 32.2. The van der Waals surface area contributed by atoms with E-state index in [9.17, 15) is 9.35 Å². The fraction of sp³-hybridized carbons (Fsp3) is 0.345. The number of fused-ring (bicyclic) bond motifs is 1. The van der Waals surface area contributed by atoms with Crippen LogP contribution in [0.3, 0.4) is 0 Å². The summed E-state index contributed by atoms with van der Waals surface area (Å²) < 4.78 is 21.8. The Bertz CT molecular complexity index is 1360. The van der Waals surface area contributed by atoms with Gasteiger partial charge in [-0.3, -0.25) is 9.78 Å². The molecule has 194 valence electrons. The van der Waals surface area contributed by atoms with Crippen molar-refractivity contribution in [2.75, 3.05) is 14.1 Å². The minimum absolute atomic E-state index is 0.0705. The summed E-state index contributed by atoms with van der Waals surface area (Å²) in [6, 6.07) is 21.4. The maximum atomic E-state index is 13.3. The van der Waals surface area contributed by atoms with Gasteiger partial charge in [-0.2, -0.15) is 0 Å². The van der Waals surface area contributed by atoms with Crippen LogP contribution in [0.2, 0.25) is 0 Å². The second-order valence-electron chi connectivity index (χ2n) is 10.3. The Hall–Kier alpha value is -3.20. The van der Waals surface area contributed by atoms with E-state index in [1.807, 2.05) is 87.5 Å². The molecule has 0 radical (unpaired) electrons. The molecule has 0 saturated carbocycles. The monoisotopic (exact) mass is 518 g/mol. The van der Waals surface area contributed by atoms with E-state index < -0.39 is 16.1 Å². The lowest BCUT2D eigenvalue weighted by atomic mass is 9.94. The quantitative estimate of drug-likeness (QED) is 0.304. The lowest BCUT2D eigenvalue weighted by Crippen LogP contribution is -2.42. The fourth-order valence-electron chi connectivity index (χ4n) is 4.07. The minimum atomic E-state index is -1.32. The van der Waals surface area contributed by atoms with Crippen molar-refractivity contribution in [1.82, 2.24) is 19.8 Å². The van der Waals surface area contributed by atoms with E-state index in [4.69, 9.17) is 9.51 Å². The zero-order valence-corrected chi connectivity index (χ0v) is 22.8. The summed E-state index contributed by atoms with van der Waals surface area (Å²) >= 11 is -1.32. The zero-order chi connectivity index (χ0) is 26.6. The number of para-hydroxylation sites is 1. The maximum absolute atomic E-state index is 13.3. The van der Waals surface area contributed by atoms with Crippen LogP contribution in [0.5, 0.6) is 0 Å². The summed E-state index contributed by atoms with van der Waals surface area (Å²) in [7, 11) is 3.51. The van der Waals surface area contributed by atoms with Gasteiger partial charge in [-0.25, -0.2) is 0 Å². The van der Waals surface area contributed by atoms with Crippen LogP contribution in [0.15, 0.2) is 71.3 Å². The lowest BCUT2D eigenvalue weighted by molar-refractivity contribution is -0.128. The molecule has 2 heterocycles. The third-order valence-corrected chi connectivity index (χ3v) is 7.76.